The predicted octanol–water partition coefficient (Wildman–Crippen LogP) is 5.40. The van der Waals surface area contributed by atoms with Gasteiger partial charge >= 0.3 is 0 Å². The number of rotatable bonds is 1. The van der Waals surface area contributed by atoms with Crippen molar-refractivity contribution in [1.82, 2.24) is 4.68 Å². The van der Waals surface area contributed by atoms with Gasteiger partial charge in [0.25, 0.3) is 0 Å². The van der Waals surface area contributed by atoms with E-state index in [1.807, 2.05) is 4.68 Å². The molecule has 2 heterocycles. The number of nitrogens with zero attached hydrogens (tertiary/aromatic N) is 1. The van der Waals surface area contributed by atoms with Crippen molar-refractivity contribution in [2.75, 3.05) is 5.84 Å². The van der Waals surface area contributed by atoms with Gasteiger partial charge in [-0.3, -0.25) is 4.68 Å². The molecule has 152 valence electrons. The summed E-state index contributed by atoms with van der Waals surface area (Å²) >= 11 is 6.59. The van der Waals surface area contributed by atoms with E-state index in [-0.39, 0.29) is 0 Å². The van der Waals surface area contributed by atoms with Crippen LogP contribution in [-0.4, -0.2) is 4.68 Å². The van der Waals surface area contributed by atoms with E-state index in [0.29, 0.717) is 0 Å². The van der Waals surface area contributed by atoms with Crippen molar-refractivity contribution >= 4 is 66.3 Å². The average Bonchev–Trinajstić information content (AvgIpc) is 3.28. The predicted molar refractivity (Wildman–Crippen MR) is 142 cm³/mol. The fourth-order valence-electron chi connectivity index (χ4n) is 5.35. The maximum absolute atomic E-state index is 6.66. The first-order chi connectivity index (χ1) is 15.7. The van der Waals surface area contributed by atoms with Crippen LogP contribution in [0.2, 0.25) is 0 Å². The van der Waals surface area contributed by atoms with Gasteiger partial charge in [-0.1, -0.05) is 96.7 Å². The van der Waals surface area contributed by atoms with Gasteiger partial charge in [0.15, 0.2) is 0 Å². The van der Waals surface area contributed by atoms with Crippen molar-refractivity contribution in [3.05, 3.63) is 103 Å². The number of benzene rings is 5. The Bertz CT molecular complexity index is 1770. The summed E-state index contributed by atoms with van der Waals surface area (Å²) in [5.41, 5.74) is 4.60. The van der Waals surface area contributed by atoms with Gasteiger partial charge in [-0.05, 0) is 39.8 Å². The fraction of sp³-hybridized carbons (Fsp3) is 0. The van der Waals surface area contributed by atoms with Crippen molar-refractivity contribution < 1.29 is 0 Å². The molecule has 0 saturated heterocycles. The Morgan fingerprint density at radius 1 is 0.656 bits per heavy atom. The van der Waals surface area contributed by atoms with Crippen LogP contribution in [0.5, 0.6) is 0 Å². The van der Waals surface area contributed by atoms with Gasteiger partial charge in [0.2, 0.25) is 0 Å². The van der Waals surface area contributed by atoms with Crippen molar-refractivity contribution in [2.24, 2.45) is 0 Å². The number of fused-ring (bicyclic) bond motifs is 8. The molecule has 2 N–H and O–H groups in total. The average molecular weight is 447 g/mol. The maximum Gasteiger partial charge on any atom is 0.0710 e. The van der Waals surface area contributed by atoms with Crippen LogP contribution < -0.4 is 21.8 Å². The Morgan fingerprint density at radius 3 is 2.16 bits per heavy atom. The van der Waals surface area contributed by atoms with Crippen LogP contribution in [-0.2, 0) is 11.8 Å². The van der Waals surface area contributed by atoms with Crippen LogP contribution in [0.25, 0.3) is 43.7 Å². The molecule has 0 saturated carbocycles. The van der Waals surface area contributed by atoms with Gasteiger partial charge in [0.1, 0.15) is 0 Å². The highest BCUT2D eigenvalue weighted by Gasteiger charge is 2.37. The topological polar surface area (TPSA) is 30.9 Å². The minimum atomic E-state index is -2.14. The van der Waals surface area contributed by atoms with Gasteiger partial charge in [-0.15, -0.1) is 0 Å². The van der Waals surface area contributed by atoms with Crippen molar-refractivity contribution in [2.45, 2.75) is 0 Å². The largest absolute Gasteiger partial charge is 0.339 e. The van der Waals surface area contributed by atoms with E-state index < -0.39 is 6.04 Å². The monoisotopic (exact) mass is 446 g/mol. The van der Waals surface area contributed by atoms with E-state index in [1.54, 1.807) is 0 Å². The minimum absolute atomic E-state index is 1.04. The van der Waals surface area contributed by atoms with Gasteiger partial charge < -0.3 is 5.84 Å². The lowest BCUT2D eigenvalue weighted by atomic mass is 9.98. The Balaban J connectivity index is 1.70. The second kappa shape index (κ2) is 6.32. The summed E-state index contributed by atoms with van der Waals surface area (Å²) in [5.74, 6) is 6.66. The molecule has 0 spiro atoms. The number of aromatic nitrogens is 1. The summed E-state index contributed by atoms with van der Waals surface area (Å²) in [5, 5.41) is 8.60. The quantitative estimate of drug-likeness (QED) is 0.271. The molecule has 0 radical (unpaired) electrons. The molecule has 5 aromatic carbocycles. The summed E-state index contributed by atoms with van der Waals surface area (Å²) in [7, 11) is 0. The normalized spacial score (nSPS) is 17.1. The first kappa shape index (κ1) is 18.2. The molecule has 1 aromatic heterocycles. The summed E-state index contributed by atoms with van der Waals surface area (Å²) in [6, 6.07) is 34.5. The lowest BCUT2D eigenvalue weighted by Gasteiger charge is -2.19. The summed E-state index contributed by atoms with van der Waals surface area (Å²) in [6.07, 6.45) is 0. The SMILES string of the molecule is Nn1c2cc3ccccc3cc2c2c3c(ccc21)P(=S)(c1ccccc1)c1ccccc1-3. The molecule has 0 amide bonds. The highest BCUT2D eigenvalue weighted by atomic mass is 32.4. The number of nitrogens with two attached hydrogens (primary N) is 1. The third-order valence-corrected chi connectivity index (χ3v) is 11.7. The Morgan fingerprint density at radius 2 is 1.34 bits per heavy atom. The number of hydrogen-bond donors (Lipinski definition) is 1. The highest BCUT2D eigenvalue weighted by Crippen LogP contribution is 2.54. The zero-order chi connectivity index (χ0) is 21.4. The fourth-order valence-corrected chi connectivity index (χ4v) is 9.71. The Labute approximate surface area is 190 Å². The van der Waals surface area contributed by atoms with Gasteiger partial charge in [0, 0.05) is 33.0 Å². The van der Waals surface area contributed by atoms with Crippen LogP contribution in [0.4, 0.5) is 0 Å². The third kappa shape index (κ3) is 2.17. The first-order valence-electron chi connectivity index (χ1n) is 10.7. The van der Waals surface area contributed by atoms with Gasteiger partial charge in [-0.2, -0.15) is 0 Å². The summed E-state index contributed by atoms with van der Waals surface area (Å²) in [6.45, 7) is 0. The molecule has 7 rings (SSSR count). The molecule has 1 aliphatic heterocycles. The number of nitrogen functional groups attached to an aromatic ring is 1. The van der Waals surface area contributed by atoms with Crippen LogP contribution in [0.15, 0.2) is 103 Å². The zero-order valence-corrected chi connectivity index (χ0v) is 18.9. The molecule has 1 unspecified atom stereocenters. The Kier molecular flexibility index (Phi) is 3.60. The smallest absolute Gasteiger partial charge is 0.0710 e. The van der Waals surface area contributed by atoms with Crippen LogP contribution in [0, 0.1) is 0 Å². The second-order valence-corrected chi connectivity index (χ2v) is 12.7. The van der Waals surface area contributed by atoms with Crippen LogP contribution in [0.3, 0.4) is 0 Å². The molecule has 32 heavy (non-hydrogen) atoms. The van der Waals surface area contributed by atoms with Gasteiger partial charge in [0.05, 0.1) is 11.0 Å². The van der Waals surface area contributed by atoms with Crippen molar-refractivity contribution in [3.63, 3.8) is 0 Å². The molecular weight excluding hydrogens is 427 g/mol. The lowest BCUT2D eigenvalue weighted by Crippen LogP contribution is -2.20. The summed E-state index contributed by atoms with van der Waals surface area (Å²) in [4.78, 5) is 0. The molecule has 0 aliphatic carbocycles. The van der Waals surface area contributed by atoms with E-state index in [9.17, 15) is 0 Å². The van der Waals surface area contributed by atoms with Crippen molar-refractivity contribution in [1.29, 1.82) is 0 Å². The van der Waals surface area contributed by atoms with Crippen molar-refractivity contribution in [3.8, 4) is 11.1 Å². The molecule has 6 aromatic rings. The van der Waals surface area contributed by atoms with E-state index in [2.05, 4.69) is 103 Å². The molecule has 2 nitrogen and oxygen atoms in total. The van der Waals surface area contributed by atoms with E-state index >= 15 is 0 Å². The van der Waals surface area contributed by atoms with E-state index in [0.717, 1.165) is 11.0 Å². The molecule has 0 bridgehead atoms. The Hall–Kier alpha value is -3.39. The zero-order valence-electron chi connectivity index (χ0n) is 17.2. The minimum Gasteiger partial charge on any atom is -0.339 e. The second-order valence-electron chi connectivity index (χ2n) is 8.40. The molecular formula is C28H19N2PS. The standard InChI is InChI=1S/C28H19N2PS/c29-30-23-14-15-26-28(27(23)22-16-18-8-4-5-9-19(18)17-24(22)30)21-12-6-7-13-25(21)31(26,32)20-10-2-1-3-11-20/h1-17H,29H2. The third-order valence-electron chi connectivity index (χ3n) is 6.79. The van der Waals surface area contributed by atoms with E-state index in [1.165, 1.54) is 48.6 Å². The van der Waals surface area contributed by atoms with Crippen LogP contribution >= 0.6 is 6.04 Å². The molecule has 1 atom stereocenters. The van der Waals surface area contributed by atoms with Gasteiger partial charge in [-0.25, -0.2) is 0 Å². The molecule has 0 fully saturated rings. The summed E-state index contributed by atoms with van der Waals surface area (Å²) < 4.78 is 1.84. The van der Waals surface area contributed by atoms with Crippen LogP contribution in [0.1, 0.15) is 0 Å². The molecule has 1 aliphatic rings. The maximum atomic E-state index is 6.66. The lowest BCUT2D eigenvalue weighted by molar-refractivity contribution is 1.12. The molecule has 4 heteroatoms. The highest BCUT2D eigenvalue weighted by molar-refractivity contribution is 8.26. The first-order valence-corrected chi connectivity index (χ1v) is 13.5. The number of hydrogen-bond acceptors (Lipinski definition) is 2. The van der Waals surface area contributed by atoms with E-state index in [4.69, 9.17) is 17.6 Å².